The first kappa shape index (κ1) is 39.9. The first-order chi connectivity index (χ1) is 19.9. The highest BCUT2D eigenvalue weighted by Gasteiger charge is 2.22. The lowest BCUT2D eigenvalue weighted by Gasteiger charge is -2.21. The average molecular weight is 582 g/mol. The zero-order valence-corrected chi connectivity index (χ0v) is 28.3. The quantitative estimate of drug-likeness (QED) is 0.0602. The van der Waals surface area contributed by atoms with Gasteiger partial charge in [-0.2, -0.15) is 0 Å². The molecule has 0 fully saturated rings. The van der Waals surface area contributed by atoms with Gasteiger partial charge in [-0.05, 0) is 59.2 Å². The van der Waals surface area contributed by atoms with E-state index in [9.17, 15) is 9.59 Å². The molecule has 0 heterocycles. The van der Waals surface area contributed by atoms with Crippen LogP contribution in [0.5, 0.6) is 0 Å². The molecule has 244 valence electrons. The zero-order chi connectivity index (χ0) is 30.4. The maximum Gasteiger partial charge on any atom is 0.309 e. The van der Waals surface area contributed by atoms with E-state index in [1.165, 1.54) is 96.3 Å². The molecule has 2 unspecified atom stereocenters. The van der Waals surface area contributed by atoms with Gasteiger partial charge in [0, 0.05) is 6.42 Å². The molecule has 0 aliphatic heterocycles. The Morgan fingerprint density at radius 3 is 1.46 bits per heavy atom. The Morgan fingerprint density at radius 1 is 0.561 bits per heavy atom. The summed E-state index contributed by atoms with van der Waals surface area (Å²) in [7, 11) is 4.11. The van der Waals surface area contributed by atoms with Crippen molar-refractivity contribution in [1.82, 2.24) is 4.90 Å². The number of nitrogens with zero attached hydrogens (tertiary/aromatic N) is 1. The molecule has 0 aromatic heterocycles. The van der Waals surface area contributed by atoms with Gasteiger partial charge in [0.1, 0.15) is 12.7 Å². The molecule has 0 N–H and O–H groups in total. The molecule has 5 heteroatoms. The van der Waals surface area contributed by atoms with Gasteiger partial charge in [0.2, 0.25) is 0 Å². The van der Waals surface area contributed by atoms with Crippen LogP contribution in [0.2, 0.25) is 0 Å². The Hall–Kier alpha value is -1.10. The van der Waals surface area contributed by atoms with Crippen LogP contribution in [0.25, 0.3) is 0 Å². The van der Waals surface area contributed by atoms with Gasteiger partial charge in [0.05, 0.1) is 5.92 Å². The van der Waals surface area contributed by atoms with Crippen molar-refractivity contribution in [1.29, 1.82) is 0 Å². The highest BCUT2D eigenvalue weighted by molar-refractivity contribution is 5.72. The summed E-state index contributed by atoms with van der Waals surface area (Å²) in [5.74, 6) is -0.241. The fraction of sp³-hybridized carbons (Fsp3) is 0.944. The summed E-state index contributed by atoms with van der Waals surface area (Å²) in [6.45, 7) is 7.92. The SMILES string of the molecule is CCCCCCCCCC(COC(=O)C(CCCCCCC)CCCCCCCCC)OC(=O)CCCCN(C)C. The molecule has 0 saturated carbocycles. The molecule has 0 rings (SSSR count). The smallest absolute Gasteiger partial charge is 0.309 e. The summed E-state index contributed by atoms with van der Waals surface area (Å²) in [4.78, 5) is 28.0. The van der Waals surface area contributed by atoms with Crippen molar-refractivity contribution in [3.8, 4) is 0 Å². The van der Waals surface area contributed by atoms with E-state index < -0.39 is 0 Å². The molecular formula is C36H71NO4. The Labute approximate surface area is 256 Å². The highest BCUT2D eigenvalue weighted by Crippen LogP contribution is 2.22. The van der Waals surface area contributed by atoms with Gasteiger partial charge in [-0.25, -0.2) is 0 Å². The molecule has 0 aromatic rings. The van der Waals surface area contributed by atoms with Crippen molar-refractivity contribution in [2.45, 2.75) is 187 Å². The number of rotatable bonds is 31. The molecule has 0 radical (unpaired) electrons. The molecule has 0 amide bonds. The normalized spacial score (nSPS) is 12.9. The fourth-order valence-corrected chi connectivity index (χ4v) is 5.46. The van der Waals surface area contributed by atoms with Crippen LogP contribution in [0.3, 0.4) is 0 Å². The molecule has 0 aliphatic rings. The lowest BCUT2D eigenvalue weighted by Crippen LogP contribution is -2.28. The summed E-state index contributed by atoms with van der Waals surface area (Å²) in [6, 6.07) is 0. The van der Waals surface area contributed by atoms with E-state index in [1.54, 1.807) is 0 Å². The maximum atomic E-state index is 13.2. The van der Waals surface area contributed by atoms with Gasteiger partial charge in [-0.15, -0.1) is 0 Å². The minimum absolute atomic E-state index is 0.0202. The second kappa shape index (κ2) is 30.4. The van der Waals surface area contributed by atoms with Gasteiger partial charge in [0.25, 0.3) is 0 Å². The molecule has 0 spiro atoms. The van der Waals surface area contributed by atoms with E-state index in [1.807, 2.05) is 0 Å². The van der Waals surface area contributed by atoms with Gasteiger partial charge in [-0.3, -0.25) is 9.59 Å². The minimum atomic E-state index is -0.320. The van der Waals surface area contributed by atoms with Crippen molar-refractivity contribution >= 4 is 11.9 Å². The third-order valence-corrected chi connectivity index (χ3v) is 8.22. The van der Waals surface area contributed by atoms with Crippen molar-refractivity contribution in [2.75, 3.05) is 27.2 Å². The molecule has 0 aromatic carbocycles. The standard InChI is InChI=1S/C36H71NO4/c1-6-9-12-15-17-20-23-28-33(27-22-19-14-11-8-3)36(39)40-32-34(29-24-21-18-16-13-10-7-2)41-35(38)30-25-26-31-37(4)5/h33-34H,6-32H2,1-5H3. The van der Waals surface area contributed by atoms with E-state index in [0.717, 1.165) is 64.3 Å². The molecular weight excluding hydrogens is 510 g/mol. The van der Waals surface area contributed by atoms with E-state index in [0.29, 0.717) is 6.42 Å². The van der Waals surface area contributed by atoms with Crippen LogP contribution < -0.4 is 0 Å². The molecule has 0 bridgehead atoms. The topological polar surface area (TPSA) is 55.8 Å². The summed E-state index contributed by atoms with van der Waals surface area (Å²) in [6.07, 6.45) is 28.0. The van der Waals surface area contributed by atoms with Crippen molar-refractivity contribution in [3.63, 3.8) is 0 Å². The molecule has 5 nitrogen and oxygen atoms in total. The molecule has 0 saturated heterocycles. The van der Waals surface area contributed by atoms with E-state index in [4.69, 9.17) is 9.47 Å². The largest absolute Gasteiger partial charge is 0.462 e. The Bertz CT molecular complexity index is 580. The lowest BCUT2D eigenvalue weighted by atomic mass is 9.94. The van der Waals surface area contributed by atoms with Gasteiger partial charge in [0.15, 0.2) is 0 Å². The Balaban J connectivity index is 4.82. The summed E-state index contributed by atoms with van der Waals surface area (Å²) >= 11 is 0. The average Bonchev–Trinajstić information content (AvgIpc) is 2.95. The monoisotopic (exact) mass is 582 g/mol. The zero-order valence-electron chi connectivity index (χ0n) is 28.3. The number of hydrogen-bond donors (Lipinski definition) is 0. The molecule has 41 heavy (non-hydrogen) atoms. The van der Waals surface area contributed by atoms with Crippen molar-refractivity contribution < 1.29 is 19.1 Å². The molecule has 0 aliphatic carbocycles. The number of carbonyl (C=O) groups is 2. The second-order valence-electron chi connectivity index (χ2n) is 12.7. The predicted molar refractivity (Wildman–Crippen MR) is 175 cm³/mol. The number of ether oxygens (including phenoxy) is 2. The summed E-state index contributed by atoms with van der Waals surface area (Å²) in [5.41, 5.74) is 0. The van der Waals surface area contributed by atoms with E-state index in [2.05, 4.69) is 39.8 Å². The Kier molecular flexibility index (Phi) is 29.5. The maximum absolute atomic E-state index is 13.2. The van der Waals surface area contributed by atoms with Crippen LogP contribution >= 0.6 is 0 Å². The molecule has 2 atom stereocenters. The van der Waals surface area contributed by atoms with Gasteiger partial charge in [-0.1, -0.05) is 136 Å². The number of esters is 2. The first-order valence-corrected chi connectivity index (χ1v) is 17.9. The lowest BCUT2D eigenvalue weighted by molar-refractivity contribution is -0.162. The Morgan fingerprint density at radius 2 is 1.00 bits per heavy atom. The number of carbonyl (C=O) groups excluding carboxylic acids is 2. The van der Waals surface area contributed by atoms with Crippen LogP contribution in [-0.4, -0.2) is 50.2 Å². The first-order valence-electron chi connectivity index (χ1n) is 17.9. The predicted octanol–water partition coefficient (Wildman–Crippen LogP) is 10.4. The summed E-state index contributed by atoms with van der Waals surface area (Å²) in [5, 5.41) is 0. The van der Waals surface area contributed by atoms with Crippen LogP contribution in [0.15, 0.2) is 0 Å². The van der Waals surface area contributed by atoms with Crippen LogP contribution in [0.4, 0.5) is 0 Å². The van der Waals surface area contributed by atoms with E-state index in [-0.39, 0.29) is 30.6 Å². The minimum Gasteiger partial charge on any atom is -0.462 e. The van der Waals surface area contributed by atoms with Crippen molar-refractivity contribution in [3.05, 3.63) is 0 Å². The van der Waals surface area contributed by atoms with Gasteiger partial charge >= 0.3 is 11.9 Å². The van der Waals surface area contributed by atoms with Crippen LogP contribution in [-0.2, 0) is 19.1 Å². The number of unbranched alkanes of at least 4 members (excludes halogenated alkanes) is 17. The number of hydrogen-bond acceptors (Lipinski definition) is 5. The second-order valence-corrected chi connectivity index (χ2v) is 12.7. The van der Waals surface area contributed by atoms with Crippen molar-refractivity contribution in [2.24, 2.45) is 5.92 Å². The summed E-state index contributed by atoms with van der Waals surface area (Å²) < 4.78 is 11.8. The highest BCUT2D eigenvalue weighted by atomic mass is 16.6. The fourth-order valence-electron chi connectivity index (χ4n) is 5.46. The van der Waals surface area contributed by atoms with Crippen LogP contribution in [0, 0.1) is 5.92 Å². The third-order valence-electron chi connectivity index (χ3n) is 8.22. The van der Waals surface area contributed by atoms with Crippen LogP contribution in [0.1, 0.15) is 181 Å². The third kappa shape index (κ3) is 27.5. The van der Waals surface area contributed by atoms with E-state index >= 15 is 0 Å². The van der Waals surface area contributed by atoms with Gasteiger partial charge < -0.3 is 14.4 Å².